The van der Waals surface area contributed by atoms with Crippen molar-refractivity contribution in [3.63, 3.8) is 0 Å². The predicted octanol–water partition coefficient (Wildman–Crippen LogP) is 2.47. The molecule has 6 heteroatoms. The van der Waals surface area contributed by atoms with Crippen LogP contribution in [0.3, 0.4) is 0 Å². The molecule has 2 rings (SSSR count). The first-order valence-electron chi connectivity index (χ1n) is 9.87. The molecule has 144 valence electrons. The van der Waals surface area contributed by atoms with Gasteiger partial charge in [-0.15, -0.1) is 0 Å². The van der Waals surface area contributed by atoms with Gasteiger partial charge in [-0.25, -0.2) is 9.97 Å². The van der Waals surface area contributed by atoms with Crippen molar-refractivity contribution in [1.29, 1.82) is 0 Å². The average Bonchev–Trinajstić information content (AvgIpc) is 2.61. The number of unbranched alkanes of at least 4 members (excludes halogenated alkanes) is 1. The van der Waals surface area contributed by atoms with Gasteiger partial charge in [0.15, 0.2) is 0 Å². The summed E-state index contributed by atoms with van der Waals surface area (Å²) in [5, 5.41) is 5.99. The number of carbonyl (C=O) groups excluding carboxylic acids is 2. The Bertz CT molecular complexity index is 598. The summed E-state index contributed by atoms with van der Waals surface area (Å²) in [6.45, 7) is 7.19. The van der Waals surface area contributed by atoms with Gasteiger partial charge in [-0.3, -0.25) is 9.59 Å². The number of nitrogens with zero attached hydrogens (tertiary/aromatic N) is 2. The lowest BCUT2D eigenvalue weighted by molar-refractivity contribution is -0.136. The van der Waals surface area contributed by atoms with Crippen LogP contribution in [-0.2, 0) is 16.0 Å². The smallest absolute Gasteiger partial charge is 0.223 e. The lowest BCUT2D eigenvalue weighted by Crippen LogP contribution is -2.44. The highest BCUT2D eigenvalue weighted by Gasteiger charge is 2.35. The van der Waals surface area contributed by atoms with Gasteiger partial charge in [0.05, 0.1) is 0 Å². The second-order valence-corrected chi connectivity index (χ2v) is 7.25. The van der Waals surface area contributed by atoms with E-state index in [0.717, 1.165) is 55.7 Å². The molecule has 1 saturated carbocycles. The van der Waals surface area contributed by atoms with Gasteiger partial charge in [0, 0.05) is 42.7 Å². The van der Waals surface area contributed by atoms with Gasteiger partial charge in [0.1, 0.15) is 5.82 Å². The fourth-order valence-corrected chi connectivity index (χ4v) is 3.62. The van der Waals surface area contributed by atoms with Crippen LogP contribution in [0.4, 0.5) is 0 Å². The molecule has 0 aliphatic heterocycles. The van der Waals surface area contributed by atoms with Crippen LogP contribution in [0, 0.1) is 25.7 Å². The zero-order valence-electron chi connectivity index (χ0n) is 16.3. The number of carbonyl (C=O) groups is 2. The van der Waals surface area contributed by atoms with Gasteiger partial charge in [-0.1, -0.05) is 26.2 Å². The van der Waals surface area contributed by atoms with Crippen molar-refractivity contribution < 1.29 is 9.59 Å². The molecular formula is C20H32N4O2. The van der Waals surface area contributed by atoms with E-state index >= 15 is 0 Å². The summed E-state index contributed by atoms with van der Waals surface area (Å²) in [4.78, 5) is 33.9. The summed E-state index contributed by atoms with van der Waals surface area (Å²) >= 11 is 0. The van der Waals surface area contributed by atoms with E-state index < -0.39 is 0 Å². The third kappa shape index (κ3) is 6.07. The van der Waals surface area contributed by atoms with Crippen molar-refractivity contribution in [3.05, 3.63) is 23.3 Å². The Morgan fingerprint density at radius 3 is 2.08 bits per heavy atom. The highest BCUT2D eigenvalue weighted by atomic mass is 16.2. The van der Waals surface area contributed by atoms with Crippen molar-refractivity contribution in [3.8, 4) is 0 Å². The molecular weight excluding hydrogens is 328 g/mol. The molecule has 1 aromatic rings. The van der Waals surface area contributed by atoms with E-state index in [0.29, 0.717) is 19.5 Å². The second-order valence-electron chi connectivity index (χ2n) is 7.25. The zero-order valence-corrected chi connectivity index (χ0v) is 16.3. The highest BCUT2D eigenvalue weighted by Crippen LogP contribution is 2.30. The normalized spacial score (nSPS) is 19.8. The SMILES string of the molecule is CCCCNC(=O)[C@@H]1CCCC[C@@H]1C(=O)NCCc1nc(C)cc(C)n1. The molecule has 0 spiro atoms. The number of nitrogens with one attached hydrogen (secondary N) is 2. The molecule has 0 aromatic carbocycles. The molecule has 0 unspecified atom stereocenters. The zero-order chi connectivity index (χ0) is 18.9. The van der Waals surface area contributed by atoms with Crippen molar-refractivity contribution in [1.82, 2.24) is 20.6 Å². The standard InChI is InChI=1S/C20H32N4O2/c1-4-5-11-21-19(25)16-8-6-7-9-17(16)20(26)22-12-10-18-23-14(2)13-15(3)24-18/h13,16-17H,4-12H2,1-3H3,(H,21,25)(H,22,26)/t16-,17+/m1/s1. The van der Waals surface area contributed by atoms with E-state index in [1.54, 1.807) is 0 Å². The van der Waals surface area contributed by atoms with Crippen LogP contribution >= 0.6 is 0 Å². The summed E-state index contributed by atoms with van der Waals surface area (Å²) in [5.74, 6) is 0.365. The summed E-state index contributed by atoms with van der Waals surface area (Å²) in [6, 6.07) is 1.94. The number of rotatable bonds is 8. The topological polar surface area (TPSA) is 84.0 Å². The number of aromatic nitrogens is 2. The van der Waals surface area contributed by atoms with Crippen LogP contribution in [0.2, 0.25) is 0 Å². The number of aryl methyl sites for hydroxylation is 2. The summed E-state index contributed by atoms with van der Waals surface area (Å²) in [5.41, 5.74) is 1.88. The van der Waals surface area contributed by atoms with Gasteiger partial charge in [0.2, 0.25) is 11.8 Å². The van der Waals surface area contributed by atoms with E-state index in [4.69, 9.17) is 0 Å². The summed E-state index contributed by atoms with van der Waals surface area (Å²) in [6.07, 6.45) is 6.26. The van der Waals surface area contributed by atoms with Crippen molar-refractivity contribution in [2.24, 2.45) is 11.8 Å². The first-order valence-corrected chi connectivity index (χ1v) is 9.87. The number of hydrogen-bond acceptors (Lipinski definition) is 4. The molecule has 0 bridgehead atoms. The monoisotopic (exact) mass is 360 g/mol. The van der Waals surface area contributed by atoms with Crippen molar-refractivity contribution >= 4 is 11.8 Å². The van der Waals surface area contributed by atoms with Crippen LogP contribution in [0.5, 0.6) is 0 Å². The van der Waals surface area contributed by atoms with E-state index in [1.165, 1.54) is 0 Å². The van der Waals surface area contributed by atoms with Gasteiger partial charge >= 0.3 is 0 Å². The molecule has 2 amide bonds. The minimum absolute atomic E-state index is 0.00952. The van der Waals surface area contributed by atoms with Crippen LogP contribution in [0.1, 0.15) is 62.7 Å². The van der Waals surface area contributed by atoms with Crippen LogP contribution < -0.4 is 10.6 Å². The van der Waals surface area contributed by atoms with Gasteiger partial charge < -0.3 is 10.6 Å². The molecule has 1 aliphatic carbocycles. The maximum absolute atomic E-state index is 12.6. The molecule has 6 nitrogen and oxygen atoms in total. The Labute approximate surface area is 156 Å². The third-order valence-corrected chi connectivity index (χ3v) is 4.95. The van der Waals surface area contributed by atoms with Crippen molar-refractivity contribution in [2.75, 3.05) is 13.1 Å². The molecule has 1 heterocycles. The maximum atomic E-state index is 12.6. The fraction of sp³-hybridized carbons (Fsp3) is 0.700. The van der Waals surface area contributed by atoms with Crippen LogP contribution in [-0.4, -0.2) is 34.9 Å². The Morgan fingerprint density at radius 2 is 1.54 bits per heavy atom. The highest BCUT2D eigenvalue weighted by molar-refractivity contribution is 5.87. The van der Waals surface area contributed by atoms with Crippen molar-refractivity contribution in [2.45, 2.75) is 65.7 Å². The second kappa shape index (κ2) is 10.2. The van der Waals surface area contributed by atoms with Gasteiger partial charge in [-0.05, 0) is 39.2 Å². The fourth-order valence-electron chi connectivity index (χ4n) is 3.62. The Kier molecular flexibility index (Phi) is 8.01. The van der Waals surface area contributed by atoms with E-state index in [1.807, 2.05) is 19.9 Å². The Balaban J connectivity index is 1.86. The molecule has 2 atom stereocenters. The lowest BCUT2D eigenvalue weighted by atomic mass is 9.78. The molecule has 1 aliphatic rings. The van der Waals surface area contributed by atoms with E-state index in [9.17, 15) is 9.59 Å². The molecule has 0 saturated heterocycles. The molecule has 0 radical (unpaired) electrons. The molecule has 26 heavy (non-hydrogen) atoms. The third-order valence-electron chi connectivity index (χ3n) is 4.95. The minimum Gasteiger partial charge on any atom is -0.356 e. The quantitative estimate of drug-likeness (QED) is 0.698. The number of amides is 2. The average molecular weight is 361 g/mol. The summed E-state index contributed by atoms with van der Waals surface area (Å²) in [7, 11) is 0. The largest absolute Gasteiger partial charge is 0.356 e. The Hall–Kier alpha value is -1.98. The molecule has 1 aromatic heterocycles. The van der Waals surface area contributed by atoms with Crippen LogP contribution in [0.15, 0.2) is 6.07 Å². The van der Waals surface area contributed by atoms with Gasteiger partial charge in [-0.2, -0.15) is 0 Å². The van der Waals surface area contributed by atoms with E-state index in [2.05, 4.69) is 27.5 Å². The lowest BCUT2D eigenvalue weighted by Gasteiger charge is -2.29. The number of hydrogen-bond donors (Lipinski definition) is 2. The summed E-state index contributed by atoms with van der Waals surface area (Å²) < 4.78 is 0. The Morgan fingerprint density at radius 1 is 1.00 bits per heavy atom. The predicted molar refractivity (Wildman–Crippen MR) is 102 cm³/mol. The maximum Gasteiger partial charge on any atom is 0.223 e. The van der Waals surface area contributed by atoms with Gasteiger partial charge in [0.25, 0.3) is 0 Å². The van der Waals surface area contributed by atoms with Crippen LogP contribution in [0.25, 0.3) is 0 Å². The molecule has 1 fully saturated rings. The molecule has 2 N–H and O–H groups in total. The first-order chi connectivity index (χ1) is 12.5. The minimum atomic E-state index is -0.217. The first kappa shape index (κ1) is 20.3. The van der Waals surface area contributed by atoms with E-state index in [-0.39, 0.29) is 23.7 Å².